The van der Waals surface area contributed by atoms with Gasteiger partial charge in [-0.2, -0.15) is 0 Å². The number of rotatable bonds is 2. The third-order valence-electron chi connectivity index (χ3n) is 2.22. The van der Waals surface area contributed by atoms with E-state index in [2.05, 4.69) is 9.72 Å². The Labute approximate surface area is 99.2 Å². The van der Waals surface area contributed by atoms with E-state index in [1.807, 2.05) is 0 Å². The molecular formula is C11H7F3N2O2. The lowest BCUT2D eigenvalue weighted by atomic mass is 10.1. The van der Waals surface area contributed by atoms with Crippen molar-refractivity contribution in [3.8, 4) is 5.88 Å². The van der Waals surface area contributed by atoms with Crippen molar-refractivity contribution in [3.05, 3.63) is 36.0 Å². The molecule has 1 aromatic heterocycles. The van der Waals surface area contributed by atoms with E-state index in [1.165, 1.54) is 24.3 Å². The summed E-state index contributed by atoms with van der Waals surface area (Å²) in [6.45, 7) is 0. The van der Waals surface area contributed by atoms with Gasteiger partial charge in [0.2, 0.25) is 11.8 Å². The summed E-state index contributed by atoms with van der Waals surface area (Å²) < 4.78 is 40.2. The molecule has 0 unspecified atom stereocenters. The van der Waals surface area contributed by atoms with E-state index in [1.54, 1.807) is 0 Å². The molecule has 0 saturated heterocycles. The van der Waals surface area contributed by atoms with Crippen molar-refractivity contribution >= 4 is 16.7 Å². The first kappa shape index (κ1) is 12.2. The van der Waals surface area contributed by atoms with Crippen molar-refractivity contribution in [2.45, 2.75) is 6.36 Å². The minimum absolute atomic E-state index is 0.153. The number of fused-ring (bicyclic) bond motifs is 1. The molecule has 18 heavy (non-hydrogen) atoms. The van der Waals surface area contributed by atoms with Crippen LogP contribution in [0.4, 0.5) is 13.2 Å². The van der Waals surface area contributed by atoms with E-state index in [-0.39, 0.29) is 10.9 Å². The molecule has 1 amide bonds. The van der Waals surface area contributed by atoms with E-state index in [0.29, 0.717) is 5.39 Å². The number of carbonyl (C=O) groups is 1. The molecule has 0 aliphatic heterocycles. The van der Waals surface area contributed by atoms with Crippen molar-refractivity contribution in [2.75, 3.05) is 0 Å². The van der Waals surface area contributed by atoms with E-state index < -0.39 is 18.1 Å². The number of amides is 1. The number of ether oxygens (including phenoxy) is 1. The van der Waals surface area contributed by atoms with Gasteiger partial charge in [0.15, 0.2) is 0 Å². The van der Waals surface area contributed by atoms with Gasteiger partial charge in [-0.3, -0.25) is 4.79 Å². The van der Waals surface area contributed by atoms with Gasteiger partial charge in [-0.25, -0.2) is 4.98 Å². The Hall–Kier alpha value is -2.31. The zero-order valence-corrected chi connectivity index (χ0v) is 8.86. The molecule has 0 fully saturated rings. The van der Waals surface area contributed by atoms with E-state index in [0.717, 1.165) is 6.20 Å². The molecule has 4 nitrogen and oxygen atoms in total. The Balaban J connectivity index is 2.54. The summed E-state index contributed by atoms with van der Waals surface area (Å²) in [6, 6.07) is 5.46. The smallest absolute Gasteiger partial charge is 0.387 e. The monoisotopic (exact) mass is 256 g/mol. The number of hydrogen-bond acceptors (Lipinski definition) is 3. The maximum absolute atomic E-state index is 12.1. The number of nitrogens with two attached hydrogens (primary N) is 1. The van der Waals surface area contributed by atoms with Gasteiger partial charge in [0.25, 0.3) is 0 Å². The van der Waals surface area contributed by atoms with Crippen molar-refractivity contribution in [3.63, 3.8) is 0 Å². The molecule has 1 heterocycles. The van der Waals surface area contributed by atoms with Gasteiger partial charge < -0.3 is 10.5 Å². The number of pyridine rings is 1. The molecule has 94 valence electrons. The fourth-order valence-electron chi connectivity index (χ4n) is 1.49. The number of benzene rings is 1. The number of halogens is 3. The Morgan fingerprint density at radius 3 is 2.61 bits per heavy atom. The Morgan fingerprint density at radius 2 is 2.00 bits per heavy atom. The predicted octanol–water partition coefficient (Wildman–Crippen LogP) is 2.23. The number of carbonyl (C=O) groups excluding carboxylic acids is 1. The average Bonchev–Trinajstić information content (AvgIpc) is 2.26. The molecule has 0 atom stereocenters. The molecule has 0 aliphatic rings. The zero-order valence-electron chi connectivity index (χ0n) is 8.86. The van der Waals surface area contributed by atoms with Crippen molar-refractivity contribution in [2.24, 2.45) is 5.73 Å². The molecule has 0 spiro atoms. The maximum Gasteiger partial charge on any atom is 0.574 e. The fraction of sp³-hybridized carbons (Fsp3) is 0.0909. The summed E-state index contributed by atoms with van der Waals surface area (Å²) in [6.07, 6.45) is -3.65. The van der Waals surface area contributed by atoms with Crippen LogP contribution in [-0.2, 0) is 0 Å². The SMILES string of the molecule is NC(=O)c1ccc2c(OC(F)(F)F)nccc2c1. The Bertz CT molecular complexity index is 611. The summed E-state index contributed by atoms with van der Waals surface area (Å²) in [5.74, 6) is -1.22. The van der Waals surface area contributed by atoms with Gasteiger partial charge in [-0.05, 0) is 29.7 Å². The molecule has 2 N–H and O–H groups in total. The average molecular weight is 256 g/mol. The molecule has 0 radical (unpaired) electrons. The highest BCUT2D eigenvalue weighted by molar-refractivity contribution is 5.98. The van der Waals surface area contributed by atoms with Crippen molar-refractivity contribution in [1.82, 2.24) is 4.98 Å². The minimum atomic E-state index is -4.82. The van der Waals surface area contributed by atoms with Crippen LogP contribution >= 0.6 is 0 Å². The van der Waals surface area contributed by atoms with Gasteiger partial charge in [0, 0.05) is 17.1 Å². The first-order valence-corrected chi connectivity index (χ1v) is 4.81. The number of nitrogens with zero attached hydrogens (tertiary/aromatic N) is 1. The molecule has 2 aromatic rings. The van der Waals surface area contributed by atoms with Crippen LogP contribution in [0.1, 0.15) is 10.4 Å². The second-order valence-corrected chi connectivity index (χ2v) is 3.46. The molecule has 1 aromatic carbocycles. The van der Waals surface area contributed by atoms with Crippen LogP contribution in [0.2, 0.25) is 0 Å². The normalized spacial score (nSPS) is 11.5. The maximum atomic E-state index is 12.1. The molecule has 0 bridgehead atoms. The van der Waals surface area contributed by atoms with Gasteiger partial charge in [0.1, 0.15) is 0 Å². The van der Waals surface area contributed by atoms with Crippen LogP contribution in [0.5, 0.6) is 5.88 Å². The summed E-state index contributed by atoms with van der Waals surface area (Å²) in [5.41, 5.74) is 5.28. The number of aromatic nitrogens is 1. The van der Waals surface area contributed by atoms with Crippen LogP contribution in [0.3, 0.4) is 0 Å². The lowest BCUT2D eigenvalue weighted by Crippen LogP contribution is -2.18. The number of primary amides is 1. The second-order valence-electron chi connectivity index (χ2n) is 3.46. The van der Waals surface area contributed by atoms with Gasteiger partial charge >= 0.3 is 6.36 Å². The lowest BCUT2D eigenvalue weighted by Gasteiger charge is -2.10. The third-order valence-corrected chi connectivity index (χ3v) is 2.22. The van der Waals surface area contributed by atoms with Crippen molar-refractivity contribution < 1.29 is 22.7 Å². The molecule has 7 heteroatoms. The highest BCUT2D eigenvalue weighted by atomic mass is 19.4. The number of alkyl halides is 3. The molecular weight excluding hydrogens is 249 g/mol. The standard InChI is InChI=1S/C11H7F3N2O2/c12-11(13,14)18-10-8-2-1-7(9(15)17)5-6(8)3-4-16-10/h1-5H,(H2,15,17). The summed E-state index contributed by atoms with van der Waals surface area (Å²) in [5, 5.41) is 0.542. The van der Waals surface area contributed by atoms with E-state index in [9.17, 15) is 18.0 Å². The Morgan fingerprint density at radius 1 is 1.28 bits per heavy atom. The zero-order chi connectivity index (χ0) is 13.3. The first-order valence-electron chi connectivity index (χ1n) is 4.81. The Kier molecular flexibility index (Phi) is 2.82. The van der Waals surface area contributed by atoms with E-state index >= 15 is 0 Å². The summed E-state index contributed by atoms with van der Waals surface area (Å²) >= 11 is 0. The second kappa shape index (κ2) is 4.17. The van der Waals surface area contributed by atoms with Crippen LogP contribution < -0.4 is 10.5 Å². The van der Waals surface area contributed by atoms with Gasteiger partial charge in [0.05, 0.1) is 0 Å². The fourth-order valence-corrected chi connectivity index (χ4v) is 1.49. The topological polar surface area (TPSA) is 65.2 Å². The van der Waals surface area contributed by atoms with Gasteiger partial charge in [-0.15, -0.1) is 13.2 Å². The largest absolute Gasteiger partial charge is 0.574 e. The van der Waals surface area contributed by atoms with Crippen molar-refractivity contribution in [1.29, 1.82) is 0 Å². The molecule has 0 aliphatic carbocycles. The number of hydrogen-bond donors (Lipinski definition) is 1. The van der Waals surface area contributed by atoms with Crippen LogP contribution in [0.15, 0.2) is 30.5 Å². The van der Waals surface area contributed by atoms with Crippen LogP contribution in [-0.4, -0.2) is 17.3 Å². The van der Waals surface area contributed by atoms with E-state index in [4.69, 9.17) is 5.73 Å². The first-order chi connectivity index (χ1) is 8.37. The highest BCUT2D eigenvalue weighted by Gasteiger charge is 2.32. The highest BCUT2D eigenvalue weighted by Crippen LogP contribution is 2.28. The molecule has 0 saturated carbocycles. The summed E-state index contributed by atoms with van der Waals surface area (Å²) in [4.78, 5) is 14.5. The lowest BCUT2D eigenvalue weighted by molar-refractivity contribution is -0.275. The molecule has 2 rings (SSSR count). The van der Waals surface area contributed by atoms with Gasteiger partial charge in [-0.1, -0.05) is 0 Å². The van der Waals surface area contributed by atoms with Crippen LogP contribution in [0, 0.1) is 0 Å². The minimum Gasteiger partial charge on any atom is -0.387 e. The van der Waals surface area contributed by atoms with Crippen LogP contribution in [0.25, 0.3) is 10.8 Å². The quantitative estimate of drug-likeness (QED) is 0.896. The summed E-state index contributed by atoms with van der Waals surface area (Å²) in [7, 11) is 0. The predicted molar refractivity (Wildman–Crippen MR) is 56.9 cm³/mol. The third kappa shape index (κ3) is 2.50.